The van der Waals surface area contributed by atoms with Gasteiger partial charge in [0.25, 0.3) is 0 Å². The summed E-state index contributed by atoms with van der Waals surface area (Å²) in [5.41, 5.74) is 3.08. The second kappa shape index (κ2) is 6.16. The van der Waals surface area contributed by atoms with Crippen molar-refractivity contribution in [2.24, 2.45) is 0 Å². The van der Waals surface area contributed by atoms with Gasteiger partial charge in [-0.1, -0.05) is 18.2 Å². The van der Waals surface area contributed by atoms with Gasteiger partial charge in [0.05, 0.1) is 12.0 Å². The Bertz CT molecular complexity index is 521. The molecule has 1 saturated heterocycles. The number of carbonyl (C=O) groups excluding carboxylic acids is 1. The second-order valence-corrected chi connectivity index (χ2v) is 6.25. The first-order chi connectivity index (χ1) is 10.1. The summed E-state index contributed by atoms with van der Waals surface area (Å²) in [7, 11) is 0. The number of aliphatic hydroxyl groups is 1. The molecule has 0 bridgehead atoms. The van der Waals surface area contributed by atoms with Crippen molar-refractivity contribution >= 4 is 5.91 Å². The highest BCUT2D eigenvalue weighted by molar-refractivity contribution is 5.78. The van der Waals surface area contributed by atoms with Crippen LogP contribution in [-0.4, -0.2) is 36.4 Å². The highest BCUT2D eigenvalue weighted by atomic mass is 16.5. The summed E-state index contributed by atoms with van der Waals surface area (Å²) in [5, 5.41) is 13.2. The Morgan fingerprint density at radius 2 is 2.00 bits per heavy atom. The molecule has 0 radical (unpaired) electrons. The maximum atomic E-state index is 12.0. The normalized spacial score (nSPS) is 20.0. The van der Waals surface area contributed by atoms with Crippen LogP contribution in [0.3, 0.4) is 0 Å². The summed E-state index contributed by atoms with van der Waals surface area (Å²) in [4.78, 5) is 12.0. The SMILES string of the molecule is O=C(Cc1ccc2c(c1)CCC2)NCC1(O)CCOCC1. The lowest BCUT2D eigenvalue weighted by atomic mass is 9.94. The van der Waals surface area contributed by atoms with Crippen molar-refractivity contribution in [3.8, 4) is 0 Å². The first-order valence-corrected chi connectivity index (χ1v) is 7.82. The highest BCUT2D eigenvalue weighted by Gasteiger charge is 2.30. The average molecular weight is 289 g/mol. The zero-order valence-corrected chi connectivity index (χ0v) is 12.4. The van der Waals surface area contributed by atoms with Gasteiger partial charge >= 0.3 is 0 Å². The van der Waals surface area contributed by atoms with E-state index in [2.05, 4.69) is 17.4 Å². The molecule has 0 atom stereocenters. The number of fused-ring (bicyclic) bond motifs is 1. The van der Waals surface area contributed by atoms with Gasteiger partial charge in [-0.05, 0) is 36.0 Å². The van der Waals surface area contributed by atoms with Gasteiger partial charge in [0.15, 0.2) is 0 Å². The van der Waals surface area contributed by atoms with Crippen LogP contribution in [0.15, 0.2) is 18.2 Å². The molecular formula is C17H23NO3. The summed E-state index contributed by atoms with van der Waals surface area (Å²) in [6.45, 7) is 1.45. The van der Waals surface area contributed by atoms with Gasteiger partial charge in [-0.2, -0.15) is 0 Å². The van der Waals surface area contributed by atoms with Gasteiger partial charge < -0.3 is 15.2 Å². The van der Waals surface area contributed by atoms with E-state index in [1.807, 2.05) is 6.07 Å². The lowest BCUT2D eigenvalue weighted by molar-refractivity contribution is -0.123. The van der Waals surface area contributed by atoms with Crippen LogP contribution < -0.4 is 5.32 Å². The van der Waals surface area contributed by atoms with Crippen LogP contribution in [0, 0.1) is 0 Å². The Hall–Kier alpha value is -1.39. The molecule has 1 fully saturated rings. The van der Waals surface area contributed by atoms with Crippen molar-refractivity contribution in [1.82, 2.24) is 5.32 Å². The van der Waals surface area contributed by atoms with Crippen LogP contribution in [0.4, 0.5) is 0 Å². The lowest BCUT2D eigenvalue weighted by Crippen LogP contribution is -2.46. The smallest absolute Gasteiger partial charge is 0.224 e. The number of hydrogen-bond acceptors (Lipinski definition) is 3. The minimum Gasteiger partial charge on any atom is -0.388 e. The van der Waals surface area contributed by atoms with E-state index in [0.717, 1.165) is 18.4 Å². The quantitative estimate of drug-likeness (QED) is 0.880. The Morgan fingerprint density at radius 1 is 1.24 bits per heavy atom. The fraction of sp³-hybridized carbons (Fsp3) is 0.588. The molecule has 0 aromatic heterocycles. The van der Waals surface area contributed by atoms with E-state index in [0.29, 0.717) is 39.0 Å². The van der Waals surface area contributed by atoms with Crippen LogP contribution in [0.5, 0.6) is 0 Å². The minimum absolute atomic E-state index is 0.0205. The topological polar surface area (TPSA) is 58.6 Å². The molecular weight excluding hydrogens is 266 g/mol. The number of nitrogens with one attached hydrogen (secondary N) is 1. The number of ether oxygens (including phenoxy) is 1. The third-order valence-electron chi connectivity index (χ3n) is 4.57. The summed E-state index contributed by atoms with van der Waals surface area (Å²) in [6.07, 6.45) is 5.08. The van der Waals surface area contributed by atoms with Gasteiger partial charge in [0.2, 0.25) is 5.91 Å². The molecule has 1 aromatic rings. The summed E-state index contributed by atoms with van der Waals surface area (Å²) >= 11 is 0. The summed E-state index contributed by atoms with van der Waals surface area (Å²) in [6, 6.07) is 6.36. The van der Waals surface area contributed by atoms with Crippen LogP contribution >= 0.6 is 0 Å². The van der Waals surface area contributed by atoms with Crippen molar-refractivity contribution in [2.75, 3.05) is 19.8 Å². The Morgan fingerprint density at radius 3 is 2.81 bits per heavy atom. The van der Waals surface area contributed by atoms with Crippen molar-refractivity contribution in [3.63, 3.8) is 0 Å². The second-order valence-electron chi connectivity index (χ2n) is 6.25. The predicted molar refractivity (Wildman–Crippen MR) is 80.2 cm³/mol. The van der Waals surface area contributed by atoms with E-state index in [9.17, 15) is 9.90 Å². The van der Waals surface area contributed by atoms with Gasteiger partial charge in [-0.25, -0.2) is 0 Å². The molecule has 1 aliphatic heterocycles. The van der Waals surface area contributed by atoms with Crippen molar-refractivity contribution < 1.29 is 14.6 Å². The average Bonchev–Trinajstić information content (AvgIpc) is 2.94. The van der Waals surface area contributed by atoms with E-state index in [4.69, 9.17) is 4.74 Å². The van der Waals surface area contributed by atoms with E-state index in [1.54, 1.807) is 0 Å². The highest BCUT2D eigenvalue weighted by Crippen LogP contribution is 2.23. The van der Waals surface area contributed by atoms with Crippen molar-refractivity contribution in [3.05, 3.63) is 34.9 Å². The molecule has 2 aliphatic rings. The molecule has 0 unspecified atom stereocenters. The molecule has 0 spiro atoms. The summed E-state index contributed by atoms with van der Waals surface area (Å²) < 4.78 is 5.24. The molecule has 1 heterocycles. The fourth-order valence-electron chi connectivity index (χ4n) is 3.17. The van der Waals surface area contributed by atoms with Crippen molar-refractivity contribution in [2.45, 2.75) is 44.1 Å². The molecule has 4 heteroatoms. The zero-order valence-electron chi connectivity index (χ0n) is 12.4. The van der Waals surface area contributed by atoms with E-state index >= 15 is 0 Å². The van der Waals surface area contributed by atoms with Crippen LogP contribution in [0.1, 0.15) is 36.0 Å². The maximum Gasteiger partial charge on any atom is 0.224 e. The molecule has 2 N–H and O–H groups in total. The van der Waals surface area contributed by atoms with Gasteiger partial charge in [-0.15, -0.1) is 0 Å². The molecule has 114 valence electrons. The molecule has 1 aromatic carbocycles. The Labute approximate surface area is 125 Å². The first kappa shape index (κ1) is 14.5. The molecule has 3 rings (SSSR count). The standard InChI is InChI=1S/C17H23NO3/c19-16(18-12-17(20)6-8-21-9-7-17)11-13-4-5-14-2-1-3-15(14)10-13/h4-5,10,20H,1-3,6-9,11-12H2,(H,18,19). The Balaban J connectivity index is 1.52. The van der Waals surface area contributed by atoms with Gasteiger partial charge in [-0.3, -0.25) is 4.79 Å². The van der Waals surface area contributed by atoms with Gasteiger partial charge in [0, 0.05) is 32.6 Å². The van der Waals surface area contributed by atoms with E-state index in [1.165, 1.54) is 17.5 Å². The number of carbonyl (C=O) groups is 1. The monoisotopic (exact) mass is 289 g/mol. The third-order valence-corrected chi connectivity index (χ3v) is 4.57. The predicted octanol–water partition coefficient (Wildman–Crippen LogP) is 1.38. The fourth-order valence-corrected chi connectivity index (χ4v) is 3.17. The first-order valence-electron chi connectivity index (χ1n) is 7.82. The number of hydrogen-bond donors (Lipinski definition) is 2. The molecule has 4 nitrogen and oxygen atoms in total. The van der Waals surface area contributed by atoms with Crippen molar-refractivity contribution in [1.29, 1.82) is 0 Å². The third kappa shape index (κ3) is 3.63. The number of benzene rings is 1. The zero-order chi connectivity index (χ0) is 14.7. The van der Waals surface area contributed by atoms with Crippen LogP contribution in [-0.2, 0) is 28.8 Å². The maximum absolute atomic E-state index is 12.0. The largest absolute Gasteiger partial charge is 0.388 e. The van der Waals surface area contributed by atoms with Gasteiger partial charge in [0.1, 0.15) is 0 Å². The molecule has 21 heavy (non-hydrogen) atoms. The number of aryl methyl sites for hydroxylation is 2. The summed E-state index contributed by atoms with van der Waals surface area (Å²) in [5.74, 6) is -0.0205. The molecule has 0 saturated carbocycles. The van der Waals surface area contributed by atoms with E-state index < -0.39 is 5.60 Å². The Kier molecular flexibility index (Phi) is 4.27. The molecule has 1 amide bonds. The number of rotatable bonds is 4. The lowest BCUT2D eigenvalue weighted by Gasteiger charge is -2.32. The number of amides is 1. The minimum atomic E-state index is -0.800. The van der Waals surface area contributed by atoms with Crippen LogP contribution in [0.2, 0.25) is 0 Å². The van der Waals surface area contributed by atoms with E-state index in [-0.39, 0.29) is 5.91 Å². The molecule has 1 aliphatic carbocycles. The van der Waals surface area contributed by atoms with Crippen LogP contribution in [0.25, 0.3) is 0 Å².